The van der Waals surface area contributed by atoms with Gasteiger partial charge in [-0.15, -0.1) is 0 Å². The van der Waals surface area contributed by atoms with E-state index in [1.807, 2.05) is 19.4 Å². The number of nitrogens with zero attached hydrogens (tertiary/aromatic N) is 3. The zero-order valence-electron chi connectivity index (χ0n) is 12.8. The van der Waals surface area contributed by atoms with Crippen LogP contribution in [0.5, 0.6) is 0 Å². The quantitative estimate of drug-likeness (QED) is 0.580. The summed E-state index contributed by atoms with van der Waals surface area (Å²) >= 11 is 0. The van der Waals surface area contributed by atoms with Gasteiger partial charge in [0.15, 0.2) is 0 Å². The Bertz CT molecular complexity index is 415. The van der Waals surface area contributed by atoms with Crippen molar-refractivity contribution in [3.8, 4) is 0 Å². The average molecular weight is 281 g/mol. The summed E-state index contributed by atoms with van der Waals surface area (Å²) in [5.74, 6) is 6.92. The molecule has 0 bridgehead atoms. The Balaban J connectivity index is 2.15. The lowest BCUT2D eigenvalue weighted by molar-refractivity contribution is -0.0325. The Morgan fingerprint density at radius 1 is 1.50 bits per heavy atom. The molecule has 1 saturated heterocycles. The molecule has 2 atom stereocenters. The van der Waals surface area contributed by atoms with Gasteiger partial charge in [0, 0.05) is 50.5 Å². The number of imidazole rings is 1. The highest BCUT2D eigenvalue weighted by Gasteiger charge is 2.39. The molecular weight excluding hydrogens is 254 g/mol. The lowest BCUT2D eigenvalue weighted by Crippen LogP contribution is -2.63. The van der Waals surface area contributed by atoms with Crippen molar-refractivity contribution in [1.82, 2.24) is 19.9 Å². The molecule has 0 aromatic carbocycles. The highest BCUT2D eigenvalue weighted by molar-refractivity contribution is 5.03. The molecule has 1 aliphatic rings. The van der Waals surface area contributed by atoms with E-state index < -0.39 is 0 Å². The van der Waals surface area contributed by atoms with Crippen LogP contribution in [0.1, 0.15) is 26.1 Å². The number of hydrogen-bond acceptors (Lipinski definition) is 5. The van der Waals surface area contributed by atoms with Crippen molar-refractivity contribution in [2.24, 2.45) is 12.9 Å². The maximum Gasteiger partial charge on any atom is 0.110 e. The molecule has 1 aromatic heterocycles. The minimum Gasteiger partial charge on any atom is -0.379 e. The monoisotopic (exact) mass is 281 g/mol. The molecule has 3 N–H and O–H groups in total. The molecule has 114 valence electrons. The van der Waals surface area contributed by atoms with Crippen LogP contribution < -0.4 is 11.3 Å². The number of hydrazine groups is 1. The van der Waals surface area contributed by atoms with Gasteiger partial charge in [0.2, 0.25) is 0 Å². The molecule has 2 heterocycles. The first kappa shape index (κ1) is 15.4. The fourth-order valence-corrected chi connectivity index (χ4v) is 3.00. The topological polar surface area (TPSA) is 68.3 Å². The van der Waals surface area contributed by atoms with E-state index in [1.54, 1.807) is 0 Å². The highest BCUT2D eigenvalue weighted by Crippen LogP contribution is 2.26. The second-order valence-electron chi connectivity index (χ2n) is 5.69. The number of aromatic nitrogens is 2. The third-order valence-electron chi connectivity index (χ3n) is 4.71. The van der Waals surface area contributed by atoms with Gasteiger partial charge in [0.1, 0.15) is 5.82 Å². The van der Waals surface area contributed by atoms with E-state index in [-0.39, 0.29) is 11.6 Å². The van der Waals surface area contributed by atoms with E-state index in [0.29, 0.717) is 0 Å². The second kappa shape index (κ2) is 6.67. The second-order valence-corrected chi connectivity index (χ2v) is 5.69. The van der Waals surface area contributed by atoms with Gasteiger partial charge in [-0.2, -0.15) is 0 Å². The fourth-order valence-electron chi connectivity index (χ4n) is 3.00. The first-order valence-electron chi connectivity index (χ1n) is 7.37. The van der Waals surface area contributed by atoms with Crippen LogP contribution in [-0.4, -0.2) is 52.3 Å². The Morgan fingerprint density at radius 3 is 2.70 bits per heavy atom. The van der Waals surface area contributed by atoms with Crippen molar-refractivity contribution < 1.29 is 4.74 Å². The minimum absolute atomic E-state index is 0.00444. The van der Waals surface area contributed by atoms with Gasteiger partial charge in [-0.05, 0) is 13.3 Å². The summed E-state index contributed by atoms with van der Waals surface area (Å²) in [6.45, 7) is 8.03. The number of morpholine rings is 1. The third kappa shape index (κ3) is 3.03. The molecule has 0 amide bonds. The smallest absolute Gasteiger partial charge is 0.110 e. The number of ether oxygens (including phenoxy) is 1. The van der Waals surface area contributed by atoms with E-state index in [1.165, 1.54) is 0 Å². The first-order valence-corrected chi connectivity index (χ1v) is 7.37. The van der Waals surface area contributed by atoms with Crippen LogP contribution in [0.25, 0.3) is 0 Å². The Kier molecular flexibility index (Phi) is 5.15. The van der Waals surface area contributed by atoms with Gasteiger partial charge >= 0.3 is 0 Å². The normalized spacial score (nSPS) is 21.6. The van der Waals surface area contributed by atoms with Crippen molar-refractivity contribution in [2.45, 2.75) is 38.3 Å². The van der Waals surface area contributed by atoms with Crippen LogP contribution in [0.4, 0.5) is 0 Å². The van der Waals surface area contributed by atoms with Gasteiger partial charge in [0.05, 0.1) is 13.2 Å². The van der Waals surface area contributed by atoms with E-state index >= 15 is 0 Å². The summed E-state index contributed by atoms with van der Waals surface area (Å²) in [6.07, 6.45) is 5.66. The molecular formula is C14H27N5O. The molecule has 2 rings (SSSR count). The maximum atomic E-state index is 5.86. The summed E-state index contributed by atoms with van der Waals surface area (Å²) in [5, 5.41) is 0. The molecule has 0 spiro atoms. The molecule has 6 nitrogen and oxygen atoms in total. The molecule has 1 fully saturated rings. The van der Waals surface area contributed by atoms with Crippen molar-refractivity contribution in [3.05, 3.63) is 18.2 Å². The molecule has 0 radical (unpaired) electrons. The van der Waals surface area contributed by atoms with Gasteiger partial charge in [-0.1, -0.05) is 6.92 Å². The predicted molar refractivity (Wildman–Crippen MR) is 79.1 cm³/mol. The summed E-state index contributed by atoms with van der Waals surface area (Å²) in [7, 11) is 2.02. The number of rotatable bonds is 6. The summed E-state index contributed by atoms with van der Waals surface area (Å²) in [4.78, 5) is 6.91. The van der Waals surface area contributed by atoms with Gasteiger partial charge in [-0.3, -0.25) is 16.2 Å². The van der Waals surface area contributed by atoms with Crippen molar-refractivity contribution in [1.29, 1.82) is 0 Å². The minimum atomic E-state index is 0.00444. The summed E-state index contributed by atoms with van der Waals surface area (Å²) in [5.41, 5.74) is 3.03. The van der Waals surface area contributed by atoms with E-state index in [4.69, 9.17) is 10.6 Å². The van der Waals surface area contributed by atoms with Crippen molar-refractivity contribution in [2.75, 3.05) is 26.3 Å². The largest absolute Gasteiger partial charge is 0.379 e. The van der Waals surface area contributed by atoms with E-state index in [2.05, 4.69) is 33.7 Å². The third-order valence-corrected chi connectivity index (χ3v) is 4.71. The van der Waals surface area contributed by atoms with Crippen molar-refractivity contribution >= 4 is 0 Å². The summed E-state index contributed by atoms with van der Waals surface area (Å²) < 4.78 is 7.52. The predicted octanol–water partition coefficient (Wildman–Crippen LogP) is 0.295. The maximum absolute atomic E-state index is 5.86. The zero-order valence-corrected chi connectivity index (χ0v) is 12.8. The molecule has 1 aromatic rings. The Morgan fingerprint density at radius 2 is 2.20 bits per heavy atom. The van der Waals surface area contributed by atoms with Crippen LogP contribution >= 0.6 is 0 Å². The van der Waals surface area contributed by atoms with Crippen LogP contribution in [-0.2, 0) is 18.2 Å². The lowest BCUT2D eigenvalue weighted by atomic mass is 9.85. The zero-order chi connectivity index (χ0) is 14.6. The van der Waals surface area contributed by atoms with Gasteiger partial charge in [-0.25, -0.2) is 4.98 Å². The van der Waals surface area contributed by atoms with Crippen LogP contribution in [0.3, 0.4) is 0 Å². The number of aryl methyl sites for hydroxylation is 1. The molecule has 0 aliphatic carbocycles. The standard InChI is InChI=1S/C14H27N5O/c1-4-14(2,19-7-9-20-10-8-19)12(17-15)11-13-16-5-6-18(13)3/h5-6,12,17H,4,7-11,15H2,1-3H3. The molecule has 0 saturated carbocycles. The Labute approximate surface area is 121 Å². The highest BCUT2D eigenvalue weighted by atomic mass is 16.5. The number of hydrogen-bond donors (Lipinski definition) is 2. The number of nitrogens with one attached hydrogen (secondary N) is 1. The average Bonchev–Trinajstić information content (AvgIpc) is 2.90. The molecule has 1 aliphatic heterocycles. The van der Waals surface area contributed by atoms with Crippen LogP contribution in [0.2, 0.25) is 0 Å². The van der Waals surface area contributed by atoms with E-state index in [0.717, 1.165) is 45.0 Å². The van der Waals surface area contributed by atoms with Gasteiger partial charge < -0.3 is 9.30 Å². The molecule has 20 heavy (non-hydrogen) atoms. The van der Waals surface area contributed by atoms with Crippen LogP contribution in [0, 0.1) is 0 Å². The summed E-state index contributed by atoms with van der Waals surface area (Å²) in [6, 6.07) is 0.159. The molecule has 6 heteroatoms. The van der Waals surface area contributed by atoms with Crippen LogP contribution in [0.15, 0.2) is 12.4 Å². The Hall–Kier alpha value is -0.950. The van der Waals surface area contributed by atoms with Crippen molar-refractivity contribution in [3.63, 3.8) is 0 Å². The first-order chi connectivity index (χ1) is 9.61. The SMILES string of the molecule is CCC(C)(C(Cc1nccn1C)NN)N1CCOCC1. The lowest BCUT2D eigenvalue weighted by Gasteiger charge is -2.47. The molecule has 2 unspecified atom stereocenters. The fraction of sp³-hybridized carbons (Fsp3) is 0.786. The van der Waals surface area contributed by atoms with E-state index in [9.17, 15) is 0 Å². The number of nitrogens with two attached hydrogens (primary N) is 1. The van der Waals surface area contributed by atoms with Gasteiger partial charge in [0.25, 0.3) is 0 Å².